The SMILES string of the molecule is CCC(CC)NC1[C@@H](CC)[C@H]1C. The van der Waals surface area contributed by atoms with Gasteiger partial charge in [0, 0.05) is 12.1 Å². The van der Waals surface area contributed by atoms with Crippen LogP contribution in [0.15, 0.2) is 0 Å². The molecule has 1 aliphatic carbocycles. The van der Waals surface area contributed by atoms with Crippen LogP contribution in [0.25, 0.3) is 0 Å². The van der Waals surface area contributed by atoms with Crippen LogP contribution in [0.5, 0.6) is 0 Å². The number of nitrogens with one attached hydrogen (secondary N) is 1. The van der Waals surface area contributed by atoms with Gasteiger partial charge in [0.2, 0.25) is 0 Å². The van der Waals surface area contributed by atoms with E-state index in [2.05, 4.69) is 33.0 Å². The summed E-state index contributed by atoms with van der Waals surface area (Å²) in [6.45, 7) is 9.22. The van der Waals surface area contributed by atoms with Gasteiger partial charge in [-0.05, 0) is 24.7 Å². The maximum Gasteiger partial charge on any atom is 0.0130 e. The van der Waals surface area contributed by atoms with Gasteiger partial charge in [0.05, 0.1) is 0 Å². The van der Waals surface area contributed by atoms with Crippen LogP contribution < -0.4 is 5.32 Å². The quantitative estimate of drug-likeness (QED) is 0.667. The number of rotatable bonds is 5. The van der Waals surface area contributed by atoms with Gasteiger partial charge in [-0.25, -0.2) is 0 Å². The molecule has 1 nitrogen and oxygen atoms in total. The van der Waals surface area contributed by atoms with Gasteiger partial charge in [0.15, 0.2) is 0 Å². The van der Waals surface area contributed by atoms with Crippen LogP contribution in [-0.4, -0.2) is 12.1 Å². The lowest BCUT2D eigenvalue weighted by molar-refractivity contribution is 0.461. The normalized spacial score (nSPS) is 34.2. The van der Waals surface area contributed by atoms with E-state index in [0.717, 1.165) is 23.9 Å². The van der Waals surface area contributed by atoms with Crippen molar-refractivity contribution in [3.63, 3.8) is 0 Å². The van der Waals surface area contributed by atoms with Crippen molar-refractivity contribution >= 4 is 0 Å². The molecule has 12 heavy (non-hydrogen) atoms. The maximum absolute atomic E-state index is 3.74. The molecule has 3 atom stereocenters. The third kappa shape index (κ3) is 2.01. The molecule has 0 amide bonds. The van der Waals surface area contributed by atoms with E-state index in [1.54, 1.807) is 0 Å². The Balaban J connectivity index is 2.24. The summed E-state index contributed by atoms with van der Waals surface area (Å²) in [5.74, 6) is 1.89. The summed E-state index contributed by atoms with van der Waals surface area (Å²) in [6, 6.07) is 1.59. The fourth-order valence-electron chi connectivity index (χ4n) is 2.24. The summed E-state index contributed by atoms with van der Waals surface area (Å²) in [5.41, 5.74) is 0. The predicted molar refractivity (Wildman–Crippen MR) is 54.2 cm³/mol. The van der Waals surface area contributed by atoms with Gasteiger partial charge in [-0.15, -0.1) is 0 Å². The lowest BCUT2D eigenvalue weighted by atomic mass is 10.1. The van der Waals surface area contributed by atoms with Crippen LogP contribution in [0.1, 0.15) is 47.0 Å². The molecule has 0 heterocycles. The lowest BCUT2D eigenvalue weighted by Gasteiger charge is -2.14. The van der Waals surface area contributed by atoms with Crippen LogP contribution in [0, 0.1) is 11.8 Å². The van der Waals surface area contributed by atoms with Crippen molar-refractivity contribution in [1.82, 2.24) is 5.32 Å². The first-order valence-corrected chi connectivity index (χ1v) is 5.50. The summed E-state index contributed by atoms with van der Waals surface area (Å²) in [4.78, 5) is 0. The molecule has 0 aromatic heterocycles. The first kappa shape index (κ1) is 10.0. The second-order valence-corrected chi connectivity index (χ2v) is 4.14. The molecular weight excluding hydrogens is 146 g/mol. The molecule has 72 valence electrons. The summed E-state index contributed by atoms with van der Waals surface area (Å²) >= 11 is 0. The van der Waals surface area contributed by atoms with Crippen molar-refractivity contribution in [2.75, 3.05) is 0 Å². The standard InChI is InChI=1S/C11H23N/c1-5-9(6-2)12-11-8(4)10(11)7-3/h8-12H,5-7H2,1-4H3/t8-,10+,11?/m1/s1. The Morgan fingerprint density at radius 2 is 1.75 bits per heavy atom. The summed E-state index contributed by atoms with van der Waals surface area (Å²) in [6.07, 6.45) is 3.89. The van der Waals surface area contributed by atoms with Gasteiger partial charge in [-0.2, -0.15) is 0 Å². The van der Waals surface area contributed by atoms with Crippen LogP contribution in [0.3, 0.4) is 0 Å². The number of hydrogen-bond acceptors (Lipinski definition) is 1. The first-order valence-electron chi connectivity index (χ1n) is 5.50. The highest BCUT2D eigenvalue weighted by molar-refractivity contribution is 5.00. The van der Waals surface area contributed by atoms with Gasteiger partial charge in [-0.1, -0.05) is 34.1 Å². The highest BCUT2D eigenvalue weighted by Crippen LogP contribution is 2.41. The van der Waals surface area contributed by atoms with Crippen molar-refractivity contribution < 1.29 is 0 Å². The molecule has 1 fully saturated rings. The van der Waals surface area contributed by atoms with Crippen molar-refractivity contribution in [3.8, 4) is 0 Å². The van der Waals surface area contributed by atoms with E-state index in [0.29, 0.717) is 0 Å². The van der Waals surface area contributed by atoms with Gasteiger partial charge >= 0.3 is 0 Å². The van der Waals surface area contributed by atoms with Gasteiger partial charge in [0.25, 0.3) is 0 Å². The molecule has 0 aliphatic heterocycles. The minimum Gasteiger partial charge on any atom is -0.311 e. The van der Waals surface area contributed by atoms with Crippen LogP contribution in [-0.2, 0) is 0 Å². The second kappa shape index (κ2) is 4.27. The number of hydrogen-bond donors (Lipinski definition) is 1. The van der Waals surface area contributed by atoms with E-state index in [1.807, 2.05) is 0 Å². The molecule has 1 saturated carbocycles. The summed E-state index contributed by atoms with van der Waals surface area (Å²) in [5, 5.41) is 3.74. The Labute approximate surface area is 76.9 Å². The average Bonchev–Trinajstić information content (AvgIpc) is 2.71. The Morgan fingerprint density at radius 3 is 2.08 bits per heavy atom. The molecule has 0 aromatic carbocycles. The van der Waals surface area contributed by atoms with Crippen molar-refractivity contribution in [2.45, 2.75) is 59.0 Å². The van der Waals surface area contributed by atoms with E-state index in [-0.39, 0.29) is 0 Å². The maximum atomic E-state index is 3.74. The molecule has 1 rings (SSSR count). The highest BCUT2D eigenvalue weighted by atomic mass is 15.0. The van der Waals surface area contributed by atoms with Crippen LogP contribution in [0.2, 0.25) is 0 Å². The molecule has 0 saturated heterocycles. The zero-order valence-electron chi connectivity index (χ0n) is 8.93. The monoisotopic (exact) mass is 169 g/mol. The van der Waals surface area contributed by atoms with E-state index < -0.39 is 0 Å². The Hall–Kier alpha value is -0.0400. The minimum atomic E-state index is 0.758. The molecular formula is C11H23N. The molecule has 1 heteroatoms. The second-order valence-electron chi connectivity index (χ2n) is 4.14. The minimum absolute atomic E-state index is 0.758. The third-order valence-corrected chi connectivity index (χ3v) is 3.45. The van der Waals surface area contributed by atoms with E-state index >= 15 is 0 Å². The zero-order valence-corrected chi connectivity index (χ0v) is 8.93. The van der Waals surface area contributed by atoms with E-state index in [9.17, 15) is 0 Å². The molecule has 0 spiro atoms. The predicted octanol–water partition coefficient (Wildman–Crippen LogP) is 2.81. The summed E-state index contributed by atoms with van der Waals surface area (Å²) in [7, 11) is 0. The molecule has 1 N–H and O–H groups in total. The van der Waals surface area contributed by atoms with Crippen molar-refractivity contribution in [3.05, 3.63) is 0 Å². The lowest BCUT2D eigenvalue weighted by Crippen LogP contribution is -2.31. The molecule has 1 aliphatic rings. The van der Waals surface area contributed by atoms with Crippen LogP contribution >= 0.6 is 0 Å². The fourth-order valence-corrected chi connectivity index (χ4v) is 2.24. The zero-order chi connectivity index (χ0) is 9.14. The van der Waals surface area contributed by atoms with Crippen molar-refractivity contribution in [2.24, 2.45) is 11.8 Å². The van der Waals surface area contributed by atoms with Gasteiger partial charge in [0.1, 0.15) is 0 Å². The molecule has 0 radical (unpaired) electrons. The fraction of sp³-hybridized carbons (Fsp3) is 1.00. The average molecular weight is 169 g/mol. The third-order valence-electron chi connectivity index (χ3n) is 3.45. The van der Waals surface area contributed by atoms with Crippen LogP contribution in [0.4, 0.5) is 0 Å². The van der Waals surface area contributed by atoms with Gasteiger partial charge in [-0.3, -0.25) is 0 Å². The topological polar surface area (TPSA) is 12.0 Å². The molecule has 1 unspecified atom stereocenters. The highest BCUT2D eigenvalue weighted by Gasteiger charge is 2.45. The molecule has 0 aromatic rings. The Bertz CT molecular complexity index is 129. The summed E-state index contributed by atoms with van der Waals surface area (Å²) < 4.78 is 0. The first-order chi connectivity index (χ1) is 5.74. The van der Waals surface area contributed by atoms with Gasteiger partial charge < -0.3 is 5.32 Å². The smallest absolute Gasteiger partial charge is 0.0130 e. The van der Waals surface area contributed by atoms with E-state index in [4.69, 9.17) is 0 Å². The van der Waals surface area contributed by atoms with Crippen molar-refractivity contribution in [1.29, 1.82) is 0 Å². The Morgan fingerprint density at radius 1 is 1.17 bits per heavy atom. The largest absolute Gasteiger partial charge is 0.311 e. The Kier molecular flexibility index (Phi) is 3.57. The molecule has 0 bridgehead atoms. The van der Waals surface area contributed by atoms with E-state index in [1.165, 1.54) is 19.3 Å².